The van der Waals surface area contributed by atoms with Gasteiger partial charge in [-0.2, -0.15) is 0 Å². The van der Waals surface area contributed by atoms with E-state index in [1.165, 1.54) is 5.56 Å². The number of hydrogen-bond donors (Lipinski definition) is 1. The van der Waals surface area contributed by atoms with E-state index in [0.717, 1.165) is 22.6 Å². The van der Waals surface area contributed by atoms with Crippen molar-refractivity contribution in [2.75, 3.05) is 6.54 Å². The zero-order valence-electron chi connectivity index (χ0n) is 14.3. The van der Waals surface area contributed by atoms with E-state index in [9.17, 15) is 4.79 Å². The van der Waals surface area contributed by atoms with E-state index < -0.39 is 0 Å². The monoisotopic (exact) mass is 322 g/mol. The molecule has 2 heterocycles. The van der Waals surface area contributed by atoms with Gasteiger partial charge in [-0.05, 0) is 19.1 Å². The summed E-state index contributed by atoms with van der Waals surface area (Å²) in [6.45, 7) is 7.03. The molecule has 0 aliphatic heterocycles. The molecule has 1 aromatic carbocycles. The van der Waals surface area contributed by atoms with E-state index >= 15 is 0 Å². The van der Waals surface area contributed by atoms with Crippen LogP contribution in [-0.4, -0.2) is 27.0 Å². The highest BCUT2D eigenvalue weighted by molar-refractivity contribution is 5.78. The van der Waals surface area contributed by atoms with Crippen LogP contribution in [0.5, 0.6) is 0 Å². The third-order valence-electron chi connectivity index (χ3n) is 3.97. The van der Waals surface area contributed by atoms with Gasteiger partial charge in [-0.25, -0.2) is 9.97 Å². The molecule has 3 rings (SSSR count). The quantitative estimate of drug-likeness (QED) is 0.785. The Balaban J connectivity index is 1.93. The topological polar surface area (TPSA) is 59.8 Å². The summed E-state index contributed by atoms with van der Waals surface area (Å²) in [7, 11) is 0. The fourth-order valence-electron chi connectivity index (χ4n) is 2.59. The van der Waals surface area contributed by atoms with Gasteiger partial charge in [-0.3, -0.25) is 4.79 Å². The molecular weight excluding hydrogens is 300 g/mol. The van der Waals surface area contributed by atoms with Crippen molar-refractivity contribution in [3.05, 3.63) is 48.2 Å². The average molecular weight is 322 g/mol. The number of nitrogens with zero attached hydrogens (tertiary/aromatic N) is 3. The van der Waals surface area contributed by atoms with E-state index in [4.69, 9.17) is 4.98 Å². The molecule has 0 saturated heterocycles. The predicted octanol–water partition coefficient (Wildman–Crippen LogP) is 3.18. The fourth-order valence-corrected chi connectivity index (χ4v) is 2.59. The summed E-state index contributed by atoms with van der Waals surface area (Å²) in [5.74, 6) is 0.922. The predicted molar refractivity (Wildman–Crippen MR) is 95.5 cm³/mol. The second-order valence-electron chi connectivity index (χ2n) is 6.24. The molecule has 1 N–H and O–H groups in total. The minimum Gasteiger partial charge on any atom is -0.354 e. The van der Waals surface area contributed by atoms with E-state index in [0.29, 0.717) is 13.1 Å². The normalized spacial score (nSPS) is 11.2. The summed E-state index contributed by atoms with van der Waals surface area (Å²) in [6, 6.07) is 12.1. The zero-order chi connectivity index (χ0) is 17.1. The Kier molecular flexibility index (Phi) is 4.60. The van der Waals surface area contributed by atoms with Gasteiger partial charge in [-0.15, -0.1) is 0 Å². The Bertz CT molecular complexity index is 849. The lowest BCUT2D eigenvalue weighted by Gasteiger charge is -2.11. The lowest BCUT2D eigenvalue weighted by Crippen LogP contribution is -2.30. The van der Waals surface area contributed by atoms with Crippen LogP contribution >= 0.6 is 0 Å². The van der Waals surface area contributed by atoms with Gasteiger partial charge in [0.1, 0.15) is 11.3 Å². The number of carbonyl (C=O) groups is 1. The largest absolute Gasteiger partial charge is 0.354 e. The summed E-state index contributed by atoms with van der Waals surface area (Å²) in [4.78, 5) is 21.0. The Morgan fingerprint density at radius 3 is 2.67 bits per heavy atom. The van der Waals surface area contributed by atoms with Crippen molar-refractivity contribution in [1.29, 1.82) is 0 Å². The van der Waals surface area contributed by atoms with Gasteiger partial charge in [0.25, 0.3) is 0 Å². The van der Waals surface area contributed by atoms with Gasteiger partial charge < -0.3 is 9.88 Å². The van der Waals surface area contributed by atoms with Crippen molar-refractivity contribution >= 4 is 17.1 Å². The molecule has 124 valence electrons. The van der Waals surface area contributed by atoms with E-state index in [1.807, 2.05) is 26.0 Å². The van der Waals surface area contributed by atoms with Gasteiger partial charge in [0, 0.05) is 30.8 Å². The number of nitrogens with one attached hydrogen (secondary N) is 1. The van der Waals surface area contributed by atoms with Crippen LogP contribution in [0.4, 0.5) is 0 Å². The van der Waals surface area contributed by atoms with Crippen molar-refractivity contribution in [3.8, 4) is 11.4 Å². The number of imidazole rings is 1. The molecule has 0 aliphatic carbocycles. The summed E-state index contributed by atoms with van der Waals surface area (Å²) < 4.78 is 2.07. The third kappa shape index (κ3) is 3.30. The number of rotatable bonds is 5. The summed E-state index contributed by atoms with van der Waals surface area (Å²) in [5, 5.41) is 2.96. The minimum absolute atomic E-state index is 0.0146. The molecule has 3 aromatic rings. The first-order chi connectivity index (χ1) is 11.6. The Morgan fingerprint density at radius 1 is 1.21 bits per heavy atom. The van der Waals surface area contributed by atoms with Gasteiger partial charge >= 0.3 is 0 Å². The van der Waals surface area contributed by atoms with Gasteiger partial charge in [-0.1, -0.05) is 43.7 Å². The second kappa shape index (κ2) is 6.83. The second-order valence-corrected chi connectivity index (χ2v) is 6.24. The Hall–Kier alpha value is -2.69. The highest BCUT2D eigenvalue weighted by atomic mass is 16.1. The lowest BCUT2D eigenvalue weighted by molar-refractivity contribution is -0.123. The smallest absolute Gasteiger partial charge is 0.222 e. The number of aryl methyl sites for hydroxylation is 1. The Morgan fingerprint density at radius 2 is 1.96 bits per heavy atom. The molecule has 0 bridgehead atoms. The van der Waals surface area contributed by atoms with Crippen molar-refractivity contribution < 1.29 is 4.79 Å². The number of fused-ring (bicyclic) bond motifs is 1. The first-order valence-electron chi connectivity index (χ1n) is 8.22. The minimum atomic E-state index is -0.0146. The molecule has 5 heteroatoms. The van der Waals surface area contributed by atoms with Crippen LogP contribution < -0.4 is 5.32 Å². The van der Waals surface area contributed by atoms with Crippen LogP contribution in [0.3, 0.4) is 0 Å². The van der Waals surface area contributed by atoms with Gasteiger partial charge in [0.05, 0.1) is 0 Å². The van der Waals surface area contributed by atoms with Crippen LogP contribution in [-0.2, 0) is 11.3 Å². The maximum Gasteiger partial charge on any atom is 0.222 e. The molecule has 2 aromatic heterocycles. The highest BCUT2D eigenvalue weighted by Gasteiger charge is 2.14. The molecule has 0 atom stereocenters. The zero-order valence-corrected chi connectivity index (χ0v) is 14.3. The number of aromatic nitrogens is 3. The molecule has 0 spiro atoms. The highest BCUT2D eigenvalue weighted by Crippen LogP contribution is 2.23. The van der Waals surface area contributed by atoms with E-state index in [-0.39, 0.29) is 11.8 Å². The van der Waals surface area contributed by atoms with Crippen LogP contribution in [0, 0.1) is 12.8 Å². The number of benzene rings is 1. The standard InChI is InChI=1S/C19H22N4O/c1-13(2)19(24)21-11-12-23-17(15-8-6-14(3)7-9-15)22-16-5-4-10-20-18(16)23/h4-10,13H,11-12H2,1-3H3,(H,21,24). The first-order valence-corrected chi connectivity index (χ1v) is 8.22. The number of hydrogen-bond acceptors (Lipinski definition) is 3. The van der Waals surface area contributed by atoms with E-state index in [1.54, 1.807) is 6.20 Å². The molecule has 0 unspecified atom stereocenters. The van der Waals surface area contributed by atoms with E-state index in [2.05, 4.69) is 46.1 Å². The number of amides is 1. The summed E-state index contributed by atoms with van der Waals surface area (Å²) in [5.41, 5.74) is 3.97. The maximum absolute atomic E-state index is 11.8. The van der Waals surface area contributed by atoms with Crippen LogP contribution in [0.1, 0.15) is 19.4 Å². The lowest BCUT2D eigenvalue weighted by atomic mass is 10.1. The molecule has 0 fully saturated rings. The number of carbonyl (C=O) groups excluding carboxylic acids is 1. The summed E-state index contributed by atoms with van der Waals surface area (Å²) >= 11 is 0. The van der Waals surface area contributed by atoms with Crippen LogP contribution in [0.2, 0.25) is 0 Å². The van der Waals surface area contributed by atoms with Crippen molar-refractivity contribution in [2.24, 2.45) is 5.92 Å². The molecule has 0 aliphatic rings. The van der Waals surface area contributed by atoms with Crippen molar-refractivity contribution in [1.82, 2.24) is 19.9 Å². The SMILES string of the molecule is Cc1ccc(-c2nc3cccnc3n2CCNC(=O)C(C)C)cc1. The average Bonchev–Trinajstić information content (AvgIpc) is 2.94. The van der Waals surface area contributed by atoms with Gasteiger partial charge in [0.2, 0.25) is 5.91 Å². The number of pyridine rings is 1. The molecular formula is C19H22N4O. The van der Waals surface area contributed by atoms with Crippen LogP contribution in [0.25, 0.3) is 22.6 Å². The first kappa shape index (κ1) is 16.2. The van der Waals surface area contributed by atoms with Crippen LogP contribution in [0.15, 0.2) is 42.6 Å². The van der Waals surface area contributed by atoms with Crippen molar-refractivity contribution in [2.45, 2.75) is 27.3 Å². The Labute approximate surface area is 141 Å². The maximum atomic E-state index is 11.8. The molecule has 24 heavy (non-hydrogen) atoms. The van der Waals surface area contributed by atoms with Gasteiger partial charge in [0.15, 0.2) is 5.65 Å². The third-order valence-corrected chi connectivity index (χ3v) is 3.97. The van der Waals surface area contributed by atoms with Crippen molar-refractivity contribution in [3.63, 3.8) is 0 Å². The molecule has 5 nitrogen and oxygen atoms in total. The molecule has 1 amide bonds. The molecule has 0 saturated carbocycles. The summed E-state index contributed by atoms with van der Waals surface area (Å²) in [6.07, 6.45) is 1.77. The fraction of sp³-hybridized carbons (Fsp3) is 0.316. The molecule has 0 radical (unpaired) electrons.